The molecule has 1 saturated carbocycles. The Bertz CT molecular complexity index is 723. The molecule has 9 heteroatoms. The number of rotatable bonds is 6. The number of nitrogens with zero attached hydrogens (tertiary/aromatic N) is 4. The second-order valence-corrected chi connectivity index (χ2v) is 7.78. The van der Waals surface area contributed by atoms with Crippen LogP contribution >= 0.6 is 11.3 Å². The molecule has 2 aromatic rings. The standard InChI is InChI=1S/C16H22N6O2S/c1-2-24-15-21-20-13(25-15)10-22-5-3-16(4-6-22)7-12(16)19-14(23)11-8-17-18-9-11/h8-9,12H,2-7,10H2,1H3,(H,17,18)(H,19,23). The molecule has 2 N–H and O–H groups in total. The van der Waals surface area contributed by atoms with Crippen LogP contribution in [0.5, 0.6) is 5.19 Å². The number of H-pyrrole nitrogens is 1. The van der Waals surface area contributed by atoms with E-state index in [-0.39, 0.29) is 11.3 Å². The molecular formula is C16H22N6O2S. The second-order valence-electron chi connectivity index (χ2n) is 6.75. The molecule has 2 aliphatic rings. The highest BCUT2D eigenvalue weighted by Crippen LogP contribution is 2.54. The summed E-state index contributed by atoms with van der Waals surface area (Å²) in [5, 5.41) is 19.5. The van der Waals surface area contributed by atoms with E-state index in [0.29, 0.717) is 23.4 Å². The Morgan fingerprint density at radius 1 is 1.48 bits per heavy atom. The molecule has 25 heavy (non-hydrogen) atoms. The minimum Gasteiger partial charge on any atom is -0.469 e. The van der Waals surface area contributed by atoms with E-state index in [2.05, 4.69) is 30.6 Å². The molecule has 1 aliphatic heterocycles. The lowest BCUT2D eigenvalue weighted by atomic mass is 9.92. The first-order valence-electron chi connectivity index (χ1n) is 8.66. The van der Waals surface area contributed by atoms with Crippen LogP contribution in [0, 0.1) is 5.41 Å². The predicted molar refractivity (Wildman–Crippen MR) is 92.5 cm³/mol. The van der Waals surface area contributed by atoms with Gasteiger partial charge in [0.05, 0.1) is 24.9 Å². The lowest BCUT2D eigenvalue weighted by Gasteiger charge is -2.32. The van der Waals surface area contributed by atoms with Gasteiger partial charge in [0, 0.05) is 12.2 Å². The number of aromatic amines is 1. The van der Waals surface area contributed by atoms with E-state index in [1.807, 2.05) is 6.92 Å². The first kappa shape index (κ1) is 16.5. The number of aromatic nitrogens is 4. The Kier molecular flexibility index (Phi) is 4.43. The molecule has 8 nitrogen and oxygen atoms in total. The highest BCUT2D eigenvalue weighted by Gasteiger charge is 2.55. The SMILES string of the molecule is CCOc1nnc(CN2CCC3(CC2)CC3NC(=O)c2cn[nH]c2)s1. The van der Waals surface area contributed by atoms with E-state index in [4.69, 9.17) is 4.74 Å². The molecule has 2 aromatic heterocycles. The molecule has 3 heterocycles. The summed E-state index contributed by atoms with van der Waals surface area (Å²) >= 11 is 1.52. The van der Waals surface area contributed by atoms with E-state index >= 15 is 0 Å². The Balaban J connectivity index is 1.25. The summed E-state index contributed by atoms with van der Waals surface area (Å²) in [6.45, 7) is 5.45. The van der Waals surface area contributed by atoms with Crippen molar-refractivity contribution in [1.82, 2.24) is 30.6 Å². The summed E-state index contributed by atoms with van der Waals surface area (Å²) in [6, 6.07) is 0.295. The zero-order valence-electron chi connectivity index (χ0n) is 14.2. The molecule has 0 bridgehead atoms. The molecule has 1 unspecified atom stereocenters. The van der Waals surface area contributed by atoms with Crippen LogP contribution in [0.25, 0.3) is 0 Å². The van der Waals surface area contributed by atoms with Crippen LogP contribution < -0.4 is 10.1 Å². The zero-order valence-corrected chi connectivity index (χ0v) is 15.0. The Morgan fingerprint density at radius 3 is 3.04 bits per heavy atom. The van der Waals surface area contributed by atoms with Crippen molar-refractivity contribution < 1.29 is 9.53 Å². The maximum absolute atomic E-state index is 12.1. The zero-order chi connectivity index (χ0) is 17.3. The molecular weight excluding hydrogens is 340 g/mol. The number of amides is 1. The Labute approximate surface area is 150 Å². The van der Waals surface area contributed by atoms with Gasteiger partial charge in [-0.2, -0.15) is 5.10 Å². The third-order valence-electron chi connectivity index (χ3n) is 5.18. The summed E-state index contributed by atoms with van der Waals surface area (Å²) in [5.41, 5.74) is 0.883. The van der Waals surface area contributed by atoms with Gasteiger partial charge in [-0.1, -0.05) is 11.3 Å². The number of likely N-dealkylation sites (tertiary alicyclic amines) is 1. The van der Waals surface area contributed by atoms with Crippen molar-refractivity contribution >= 4 is 17.2 Å². The number of hydrogen-bond donors (Lipinski definition) is 2. The van der Waals surface area contributed by atoms with E-state index in [1.54, 1.807) is 12.4 Å². The molecule has 1 saturated heterocycles. The highest BCUT2D eigenvalue weighted by molar-refractivity contribution is 7.13. The van der Waals surface area contributed by atoms with Crippen molar-refractivity contribution in [2.24, 2.45) is 5.41 Å². The molecule has 4 rings (SSSR count). The number of piperidine rings is 1. The van der Waals surface area contributed by atoms with Crippen LogP contribution in [0.3, 0.4) is 0 Å². The van der Waals surface area contributed by atoms with Gasteiger partial charge in [0.15, 0.2) is 0 Å². The molecule has 134 valence electrons. The summed E-state index contributed by atoms with van der Waals surface area (Å²) in [5.74, 6) is -0.0321. The van der Waals surface area contributed by atoms with Crippen molar-refractivity contribution in [1.29, 1.82) is 0 Å². The van der Waals surface area contributed by atoms with Crippen molar-refractivity contribution in [2.75, 3.05) is 19.7 Å². The monoisotopic (exact) mass is 362 g/mol. The van der Waals surface area contributed by atoms with Gasteiger partial charge in [0.2, 0.25) is 0 Å². The number of carbonyl (C=O) groups excluding carboxylic acids is 1. The topological polar surface area (TPSA) is 96.0 Å². The number of nitrogens with one attached hydrogen (secondary N) is 2. The average molecular weight is 362 g/mol. The Morgan fingerprint density at radius 2 is 2.32 bits per heavy atom. The summed E-state index contributed by atoms with van der Waals surface area (Å²) < 4.78 is 5.38. The fourth-order valence-electron chi connectivity index (χ4n) is 3.55. The Hall–Kier alpha value is -2.00. The van der Waals surface area contributed by atoms with Crippen LogP contribution in [0.1, 0.15) is 41.6 Å². The maximum atomic E-state index is 12.1. The van der Waals surface area contributed by atoms with E-state index in [9.17, 15) is 4.79 Å². The lowest BCUT2D eigenvalue weighted by molar-refractivity contribution is 0.0934. The first-order valence-corrected chi connectivity index (χ1v) is 9.47. The number of carbonyl (C=O) groups is 1. The van der Waals surface area contributed by atoms with Crippen LogP contribution in [-0.4, -0.2) is 56.9 Å². The molecule has 1 spiro atoms. The lowest BCUT2D eigenvalue weighted by Crippen LogP contribution is -2.38. The minimum atomic E-state index is -0.0321. The summed E-state index contributed by atoms with van der Waals surface area (Å²) in [4.78, 5) is 14.5. The average Bonchev–Trinajstić information content (AvgIpc) is 3.04. The number of ether oxygens (including phenoxy) is 1. The number of hydrogen-bond acceptors (Lipinski definition) is 7. The van der Waals surface area contributed by atoms with Crippen LogP contribution in [0.2, 0.25) is 0 Å². The van der Waals surface area contributed by atoms with Gasteiger partial charge in [-0.25, -0.2) is 0 Å². The van der Waals surface area contributed by atoms with Gasteiger partial charge in [0.1, 0.15) is 5.01 Å². The smallest absolute Gasteiger partial charge is 0.294 e. The summed E-state index contributed by atoms with van der Waals surface area (Å²) in [6.07, 6.45) is 6.50. The van der Waals surface area contributed by atoms with Gasteiger partial charge < -0.3 is 10.1 Å². The van der Waals surface area contributed by atoms with Gasteiger partial charge in [-0.15, -0.1) is 10.2 Å². The molecule has 1 aliphatic carbocycles. The molecule has 0 aromatic carbocycles. The van der Waals surface area contributed by atoms with Gasteiger partial charge >= 0.3 is 0 Å². The van der Waals surface area contributed by atoms with Crippen molar-refractivity contribution in [3.05, 3.63) is 23.0 Å². The fraction of sp³-hybridized carbons (Fsp3) is 0.625. The van der Waals surface area contributed by atoms with Crippen molar-refractivity contribution in [3.63, 3.8) is 0 Å². The van der Waals surface area contributed by atoms with Gasteiger partial charge in [-0.05, 0) is 44.7 Å². The quantitative estimate of drug-likeness (QED) is 0.807. The summed E-state index contributed by atoms with van der Waals surface area (Å²) in [7, 11) is 0. The predicted octanol–water partition coefficient (Wildman–Crippen LogP) is 1.44. The van der Waals surface area contributed by atoms with Crippen LogP contribution in [0.15, 0.2) is 12.4 Å². The maximum Gasteiger partial charge on any atom is 0.294 e. The molecule has 1 amide bonds. The first-order chi connectivity index (χ1) is 12.2. The third-order valence-corrected chi connectivity index (χ3v) is 6.00. The highest BCUT2D eigenvalue weighted by atomic mass is 32.1. The van der Waals surface area contributed by atoms with E-state index in [0.717, 1.165) is 43.9 Å². The van der Waals surface area contributed by atoms with E-state index in [1.165, 1.54) is 11.3 Å². The minimum absolute atomic E-state index is 0.0321. The second kappa shape index (κ2) is 6.72. The molecule has 0 radical (unpaired) electrons. The van der Waals surface area contributed by atoms with Crippen LogP contribution in [-0.2, 0) is 6.54 Å². The fourth-order valence-corrected chi connectivity index (χ4v) is 4.34. The largest absolute Gasteiger partial charge is 0.469 e. The third kappa shape index (κ3) is 3.52. The van der Waals surface area contributed by atoms with E-state index < -0.39 is 0 Å². The van der Waals surface area contributed by atoms with Crippen molar-refractivity contribution in [2.45, 2.75) is 38.8 Å². The van der Waals surface area contributed by atoms with Crippen molar-refractivity contribution in [3.8, 4) is 5.19 Å². The van der Waals surface area contributed by atoms with Gasteiger partial charge in [-0.3, -0.25) is 14.8 Å². The van der Waals surface area contributed by atoms with Crippen LogP contribution in [0.4, 0.5) is 0 Å². The molecule has 2 fully saturated rings. The van der Waals surface area contributed by atoms with Gasteiger partial charge in [0.25, 0.3) is 11.1 Å². The molecule has 1 atom stereocenters. The normalized spacial score (nSPS) is 22.0.